The number of hydrogen-bond acceptors (Lipinski definition) is 8. The first-order valence-electron chi connectivity index (χ1n) is 13.0. The highest BCUT2D eigenvalue weighted by Crippen LogP contribution is 2.21. The Morgan fingerprint density at radius 2 is 1.71 bits per heavy atom. The highest BCUT2D eigenvalue weighted by Gasteiger charge is 2.21. The van der Waals surface area contributed by atoms with Crippen LogP contribution in [0.25, 0.3) is 11.0 Å². The molecule has 2 aromatic carbocycles. The smallest absolute Gasteiger partial charge is 0.407 e. The Morgan fingerprint density at radius 3 is 2.45 bits per heavy atom. The van der Waals surface area contributed by atoms with Crippen LogP contribution in [0, 0.1) is 6.92 Å². The molecule has 222 valence electrons. The number of nitrogens with one attached hydrogen (secondary N) is 4. The van der Waals surface area contributed by atoms with Gasteiger partial charge in [-0.1, -0.05) is 30.3 Å². The number of amides is 4. The van der Waals surface area contributed by atoms with Crippen molar-refractivity contribution in [2.75, 3.05) is 25.0 Å². The van der Waals surface area contributed by atoms with Gasteiger partial charge in [-0.3, -0.25) is 19.4 Å². The number of hydrogen-bond donors (Lipinski definition) is 6. The van der Waals surface area contributed by atoms with E-state index in [-0.39, 0.29) is 25.5 Å². The first-order chi connectivity index (χ1) is 20.1. The number of carbonyl (C=O) groups excluding carboxylic acids is 4. The second kappa shape index (κ2) is 15.4. The molecule has 1 unspecified atom stereocenters. The summed E-state index contributed by atoms with van der Waals surface area (Å²) in [6, 6.07) is 14.2. The van der Waals surface area contributed by atoms with E-state index >= 15 is 0 Å². The largest absolute Gasteiger partial charge is 0.445 e. The zero-order valence-electron chi connectivity index (χ0n) is 23.0. The number of nitrogens with two attached hydrogens (primary N) is 2. The molecule has 0 aliphatic rings. The fourth-order valence-corrected chi connectivity index (χ4v) is 3.82. The molecule has 0 fully saturated rings. The summed E-state index contributed by atoms with van der Waals surface area (Å²) >= 11 is 0. The number of nitrogens with zero attached hydrogens (tertiary/aromatic N) is 1. The quantitative estimate of drug-likeness (QED) is 0.0722. The van der Waals surface area contributed by atoms with Gasteiger partial charge in [0.05, 0.1) is 6.54 Å². The van der Waals surface area contributed by atoms with Crippen LogP contribution in [0.4, 0.5) is 10.5 Å². The third-order valence-electron chi connectivity index (χ3n) is 5.87. The molecule has 3 rings (SSSR count). The van der Waals surface area contributed by atoms with Crippen molar-refractivity contribution in [2.24, 2.45) is 16.5 Å². The molecule has 0 aliphatic carbocycles. The molecule has 8 N–H and O–H groups in total. The van der Waals surface area contributed by atoms with Gasteiger partial charge < -0.3 is 41.9 Å². The molecular weight excluding hydrogens is 546 g/mol. The van der Waals surface area contributed by atoms with E-state index < -0.39 is 48.6 Å². The van der Waals surface area contributed by atoms with Gasteiger partial charge in [-0.2, -0.15) is 0 Å². The molecule has 14 nitrogen and oxygen atoms in total. The molecule has 3 aromatic rings. The summed E-state index contributed by atoms with van der Waals surface area (Å²) < 4.78 is 10.3. The van der Waals surface area contributed by atoms with E-state index in [1.54, 1.807) is 43.3 Å². The van der Waals surface area contributed by atoms with Crippen LogP contribution in [0.5, 0.6) is 0 Å². The van der Waals surface area contributed by atoms with Gasteiger partial charge in [0.2, 0.25) is 17.7 Å². The summed E-state index contributed by atoms with van der Waals surface area (Å²) in [5, 5.41) is 10.7. The number of carbonyl (C=O) groups is 4. The van der Waals surface area contributed by atoms with Crippen LogP contribution >= 0.6 is 0 Å². The second-order valence-electron chi connectivity index (χ2n) is 9.21. The Bertz CT molecular complexity index is 1500. The summed E-state index contributed by atoms with van der Waals surface area (Å²) in [6.45, 7) is 1.17. The highest BCUT2D eigenvalue weighted by atomic mass is 16.5. The maximum Gasteiger partial charge on any atom is 0.407 e. The Kier molecular flexibility index (Phi) is 11.4. The van der Waals surface area contributed by atoms with E-state index in [4.69, 9.17) is 20.6 Å². The Balaban J connectivity index is 1.52. The van der Waals surface area contributed by atoms with Gasteiger partial charge in [0.15, 0.2) is 5.96 Å². The number of ether oxygens (including phenoxy) is 1. The molecule has 0 aliphatic heterocycles. The van der Waals surface area contributed by atoms with Gasteiger partial charge in [-0.05, 0) is 43.0 Å². The van der Waals surface area contributed by atoms with Crippen LogP contribution in [0.1, 0.15) is 24.0 Å². The molecular formula is C28H33N7O7. The molecule has 1 atom stereocenters. The van der Waals surface area contributed by atoms with E-state index in [2.05, 4.69) is 26.3 Å². The zero-order chi connectivity index (χ0) is 30.5. The number of anilines is 1. The SMILES string of the molecule is Cc1cc(=O)oc2cc(NC(=O)C(CCCN=C(N)N)NC(=O)CNC(=O)CNC(=O)OCc3ccccc3)ccc12. The molecule has 0 spiro atoms. The van der Waals surface area contributed by atoms with E-state index in [9.17, 15) is 24.0 Å². The van der Waals surface area contributed by atoms with Crippen LogP contribution in [-0.2, 0) is 25.7 Å². The van der Waals surface area contributed by atoms with Gasteiger partial charge in [0, 0.05) is 29.8 Å². The van der Waals surface area contributed by atoms with Crippen LogP contribution in [0.15, 0.2) is 68.8 Å². The van der Waals surface area contributed by atoms with Crippen molar-refractivity contribution in [1.82, 2.24) is 16.0 Å². The second-order valence-corrected chi connectivity index (χ2v) is 9.21. The van der Waals surface area contributed by atoms with E-state index in [1.807, 2.05) is 6.07 Å². The van der Waals surface area contributed by atoms with E-state index in [0.717, 1.165) is 11.1 Å². The van der Waals surface area contributed by atoms with Gasteiger partial charge >= 0.3 is 11.7 Å². The van der Waals surface area contributed by atoms with Crippen molar-refractivity contribution >= 4 is 46.4 Å². The number of rotatable bonds is 13. The summed E-state index contributed by atoms with van der Waals surface area (Å²) in [6.07, 6.45) is -0.249. The van der Waals surface area contributed by atoms with Crippen molar-refractivity contribution in [1.29, 1.82) is 0 Å². The van der Waals surface area contributed by atoms with Crippen LogP contribution in [0.2, 0.25) is 0 Å². The average molecular weight is 580 g/mol. The van der Waals surface area contributed by atoms with Gasteiger partial charge in [-0.25, -0.2) is 9.59 Å². The molecule has 0 saturated carbocycles. The number of fused-ring (bicyclic) bond motifs is 1. The van der Waals surface area contributed by atoms with Crippen molar-refractivity contribution < 1.29 is 28.3 Å². The maximum atomic E-state index is 13.1. The number of alkyl carbamates (subject to hydrolysis) is 1. The third-order valence-corrected chi connectivity index (χ3v) is 5.87. The monoisotopic (exact) mass is 579 g/mol. The lowest BCUT2D eigenvalue weighted by atomic mass is 10.1. The summed E-state index contributed by atoms with van der Waals surface area (Å²) in [5.74, 6) is -1.93. The molecule has 0 saturated heterocycles. The molecule has 42 heavy (non-hydrogen) atoms. The predicted molar refractivity (Wildman–Crippen MR) is 155 cm³/mol. The van der Waals surface area contributed by atoms with Crippen molar-refractivity contribution in [3.63, 3.8) is 0 Å². The molecule has 4 amide bonds. The molecule has 1 aromatic heterocycles. The minimum Gasteiger partial charge on any atom is -0.445 e. The fraction of sp³-hybridized carbons (Fsp3) is 0.286. The van der Waals surface area contributed by atoms with Gasteiger partial charge in [-0.15, -0.1) is 0 Å². The fourth-order valence-electron chi connectivity index (χ4n) is 3.82. The Hall–Kier alpha value is -5.40. The van der Waals surface area contributed by atoms with Crippen molar-refractivity contribution in [3.05, 3.63) is 76.1 Å². The molecule has 1 heterocycles. The number of aryl methyl sites for hydroxylation is 1. The zero-order valence-corrected chi connectivity index (χ0v) is 23.0. The molecule has 0 radical (unpaired) electrons. The average Bonchev–Trinajstić information content (AvgIpc) is 2.95. The molecule has 14 heteroatoms. The van der Waals surface area contributed by atoms with Crippen molar-refractivity contribution in [2.45, 2.75) is 32.4 Å². The summed E-state index contributed by atoms with van der Waals surface area (Å²) in [5.41, 5.74) is 12.3. The molecule has 0 bridgehead atoms. The first-order valence-corrected chi connectivity index (χ1v) is 13.0. The minimum atomic E-state index is -1.00. The predicted octanol–water partition coefficient (Wildman–Crippen LogP) is 0.621. The number of guanidine groups is 1. The minimum absolute atomic E-state index is 0.0383. The lowest BCUT2D eigenvalue weighted by Crippen LogP contribution is -2.48. The summed E-state index contributed by atoms with van der Waals surface area (Å²) in [7, 11) is 0. The number of benzene rings is 2. The lowest BCUT2D eigenvalue weighted by Gasteiger charge is -2.19. The van der Waals surface area contributed by atoms with Crippen LogP contribution < -0.4 is 38.4 Å². The lowest BCUT2D eigenvalue weighted by molar-refractivity contribution is -0.128. The summed E-state index contributed by atoms with van der Waals surface area (Å²) in [4.78, 5) is 65.2. The first kappa shape index (κ1) is 31.1. The third kappa shape index (κ3) is 10.3. The number of aliphatic imine (C=N–C) groups is 1. The highest BCUT2D eigenvalue weighted by molar-refractivity contribution is 5.99. The van der Waals surface area contributed by atoms with Gasteiger partial charge in [0.25, 0.3) is 0 Å². The topological polar surface area (TPSA) is 220 Å². The van der Waals surface area contributed by atoms with E-state index in [1.165, 1.54) is 12.1 Å². The van der Waals surface area contributed by atoms with Crippen LogP contribution in [0.3, 0.4) is 0 Å². The Labute approximate surface area is 240 Å². The van der Waals surface area contributed by atoms with E-state index in [0.29, 0.717) is 23.1 Å². The van der Waals surface area contributed by atoms with Gasteiger partial charge in [0.1, 0.15) is 24.8 Å². The maximum absolute atomic E-state index is 13.1. The van der Waals surface area contributed by atoms with Crippen LogP contribution in [-0.4, -0.2) is 55.5 Å². The Morgan fingerprint density at radius 1 is 0.976 bits per heavy atom. The standard InChI is InChI=1S/C28H33N7O7/c1-17-12-25(38)42-22-13-19(9-10-20(17)22)34-26(39)21(8-5-11-31-27(29)30)35-24(37)15-32-23(36)14-33-28(40)41-16-18-6-3-2-4-7-18/h2-4,6-7,9-10,12-13,21H,5,8,11,14-16H2,1H3,(H,32,36)(H,33,40)(H,34,39)(H,35,37)(H4,29,30,31). The normalized spacial score (nSPS) is 11.2. The van der Waals surface area contributed by atoms with Crippen molar-refractivity contribution in [3.8, 4) is 0 Å².